The van der Waals surface area contributed by atoms with Gasteiger partial charge in [-0.25, -0.2) is 4.79 Å². The van der Waals surface area contributed by atoms with Gasteiger partial charge in [0.05, 0.1) is 7.11 Å². The van der Waals surface area contributed by atoms with Crippen LogP contribution in [0.2, 0.25) is 0 Å². The number of hydrogen-bond donors (Lipinski definition) is 0. The first kappa shape index (κ1) is 10.1. The van der Waals surface area contributed by atoms with Gasteiger partial charge in [0.15, 0.2) is 0 Å². The minimum atomic E-state index is -0.124. The number of ether oxygens (including phenoxy) is 1. The van der Waals surface area contributed by atoms with E-state index in [9.17, 15) is 4.79 Å². The van der Waals surface area contributed by atoms with Crippen molar-refractivity contribution in [2.75, 3.05) is 7.11 Å². The molecule has 1 fully saturated rings. The Hall–Kier alpha value is -1.05. The number of hydrogen-bond acceptors (Lipinski definition) is 2. The number of methoxy groups -OCH3 is 1. The van der Waals surface area contributed by atoms with Crippen LogP contribution in [0.4, 0.5) is 0 Å². The molecule has 2 atom stereocenters. The van der Waals surface area contributed by atoms with Crippen LogP contribution >= 0.6 is 0 Å². The molecule has 0 aromatic carbocycles. The van der Waals surface area contributed by atoms with Gasteiger partial charge in [0.1, 0.15) is 0 Å². The highest BCUT2D eigenvalue weighted by atomic mass is 16.5. The van der Waals surface area contributed by atoms with E-state index in [0.717, 1.165) is 12.0 Å². The predicted molar refractivity (Wildman–Crippen MR) is 61.8 cm³/mol. The average molecular weight is 218 g/mol. The molecule has 0 saturated heterocycles. The van der Waals surface area contributed by atoms with Gasteiger partial charge in [-0.1, -0.05) is 43.9 Å². The van der Waals surface area contributed by atoms with E-state index in [2.05, 4.69) is 18.2 Å². The van der Waals surface area contributed by atoms with Crippen molar-refractivity contribution in [1.29, 1.82) is 0 Å². The number of allylic oxidation sites excluding steroid dienone is 3. The Morgan fingerprint density at radius 2 is 1.94 bits per heavy atom. The number of carbonyl (C=O) groups is 1. The van der Waals surface area contributed by atoms with Crippen LogP contribution in [0.15, 0.2) is 23.8 Å². The Labute approximate surface area is 96.4 Å². The highest BCUT2D eigenvalue weighted by molar-refractivity contribution is 5.94. The molecule has 0 aliphatic heterocycles. The summed E-state index contributed by atoms with van der Waals surface area (Å²) in [4.78, 5) is 11.7. The van der Waals surface area contributed by atoms with Crippen LogP contribution in [0, 0.1) is 10.8 Å². The minimum Gasteiger partial charge on any atom is -0.466 e. The molecular weight excluding hydrogens is 200 g/mol. The quantitative estimate of drug-likeness (QED) is 0.499. The van der Waals surface area contributed by atoms with Crippen molar-refractivity contribution in [3.8, 4) is 0 Å². The number of carbonyl (C=O) groups excluding carboxylic acids is 1. The standard InChI is InChI=1S/C14H18O2/c1-16-12(15)11-10-13-6-4-2-3-5-7-14(11,13)9-8-13/h8-10H,2-7H2,1H3. The Kier molecular flexibility index (Phi) is 2.04. The fourth-order valence-electron chi connectivity index (χ4n) is 3.68. The van der Waals surface area contributed by atoms with E-state index in [-0.39, 0.29) is 16.8 Å². The van der Waals surface area contributed by atoms with E-state index >= 15 is 0 Å². The van der Waals surface area contributed by atoms with Crippen molar-refractivity contribution in [3.63, 3.8) is 0 Å². The smallest absolute Gasteiger partial charge is 0.334 e. The summed E-state index contributed by atoms with van der Waals surface area (Å²) < 4.78 is 4.88. The third-order valence-electron chi connectivity index (χ3n) is 4.70. The summed E-state index contributed by atoms with van der Waals surface area (Å²) in [6, 6.07) is 0. The second-order valence-corrected chi connectivity index (χ2v) is 5.31. The van der Waals surface area contributed by atoms with Crippen molar-refractivity contribution < 1.29 is 9.53 Å². The van der Waals surface area contributed by atoms with Gasteiger partial charge in [-0.3, -0.25) is 0 Å². The summed E-state index contributed by atoms with van der Waals surface area (Å²) in [6.45, 7) is 0. The van der Waals surface area contributed by atoms with Gasteiger partial charge < -0.3 is 4.74 Å². The summed E-state index contributed by atoms with van der Waals surface area (Å²) in [5.41, 5.74) is 1.19. The van der Waals surface area contributed by atoms with Crippen LogP contribution in [0.5, 0.6) is 0 Å². The highest BCUT2D eigenvalue weighted by Crippen LogP contribution is 2.69. The Morgan fingerprint density at radius 1 is 1.19 bits per heavy atom. The zero-order valence-electron chi connectivity index (χ0n) is 9.79. The van der Waals surface area contributed by atoms with E-state index < -0.39 is 0 Å². The van der Waals surface area contributed by atoms with Crippen LogP contribution in [-0.2, 0) is 9.53 Å². The maximum Gasteiger partial charge on any atom is 0.334 e. The molecule has 0 aromatic heterocycles. The van der Waals surface area contributed by atoms with E-state index in [1.54, 1.807) is 0 Å². The second-order valence-electron chi connectivity index (χ2n) is 5.31. The summed E-state index contributed by atoms with van der Waals surface area (Å²) in [7, 11) is 1.48. The molecule has 0 amide bonds. The molecule has 0 bridgehead atoms. The van der Waals surface area contributed by atoms with E-state index in [0.29, 0.717) is 0 Å². The molecule has 0 aromatic rings. The van der Waals surface area contributed by atoms with Crippen molar-refractivity contribution in [2.45, 2.75) is 38.5 Å². The fraction of sp³-hybridized carbons (Fsp3) is 0.643. The molecule has 3 aliphatic carbocycles. The summed E-state index contributed by atoms with van der Waals surface area (Å²) in [5, 5.41) is 0. The van der Waals surface area contributed by atoms with Gasteiger partial charge in [0, 0.05) is 16.4 Å². The second kappa shape index (κ2) is 3.22. The molecule has 0 heterocycles. The lowest BCUT2D eigenvalue weighted by atomic mass is 9.41. The lowest BCUT2D eigenvalue weighted by molar-refractivity contribution is -0.139. The summed E-state index contributed by atoms with van der Waals surface area (Å²) in [6.07, 6.45) is 14.2. The van der Waals surface area contributed by atoms with Crippen molar-refractivity contribution >= 4 is 5.97 Å². The fourth-order valence-corrected chi connectivity index (χ4v) is 3.68. The lowest BCUT2D eigenvalue weighted by Gasteiger charge is -2.61. The first-order valence-electron chi connectivity index (χ1n) is 6.26. The molecule has 3 aliphatic rings. The largest absolute Gasteiger partial charge is 0.466 e. The molecule has 16 heavy (non-hydrogen) atoms. The topological polar surface area (TPSA) is 26.3 Å². The van der Waals surface area contributed by atoms with Crippen LogP contribution in [0.25, 0.3) is 0 Å². The SMILES string of the molecule is COC(=O)C1=CC23C=CC12CCCCCC3. The third kappa shape index (κ3) is 1.00. The summed E-state index contributed by atoms with van der Waals surface area (Å²) >= 11 is 0. The summed E-state index contributed by atoms with van der Waals surface area (Å²) in [5.74, 6) is -0.124. The molecule has 2 heteroatoms. The maximum absolute atomic E-state index is 11.7. The molecule has 2 unspecified atom stereocenters. The van der Waals surface area contributed by atoms with Crippen LogP contribution in [-0.4, -0.2) is 13.1 Å². The maximum atomic E-state index is 11.7. The van der Waals surface area contributed by atoms with E-state index in [4.69, 9.17) is 4.74 Å². The van der Waals surface area contributed by atoms with Gasteiger partial charge in [-0.05, 0) is 12.8 Å². The molecule has 0 N–H and O–H groups in total. The van der Waals surface area contributed by atoms with Gasteiger partial charge in [-0.2, -0.15) is 0 Å². The van der Waals surface area contributed by atoms with Gasteiger partial charge in [0.2, 0.25) is 0 Å². The van der Waals surface area contributed by atoms with Gasteiger partial charge >= 0.3 is 5.97 Å². The normalized spacial score (nSPS) is 40.2. The zero-order valence-corrected chi connectivity index (χ0v) is 9.79. The first-order chi connectivity index (χ1) is 7.74. The van der Waals surface area contributed by atoms with E-state index in [1.165, 1.54) is 39.2 Å². The molecule has 3 rings (SSSR count). The monoisotopic (exact) mass is 218 g/mol. The van der Waals surface area contributed by atoms with Crippen LogP contribution < -0.4 is 0 Å². The Balaban J connectivity index is 1.93. The molecular formula is C14H18O2. The molecule has 0 radical (unpaired) electrons. The molecule has 1 saturated carbocycles. The minimum absolute atomic E-state index is 0.0561. The third-order valence-corrected chi connectivity index (χ3v) is 4.70. The van der Waals surface area contributed by atoms with E-state index in [1.807, 2.05) is 0 Å². The highest BCUT2D eigenvalue weighted by Gasteiger charge is 2.63. The van der Waals surface area contributed by atoms with Crippen molar-refractivity contribution in [3.05, 3.63) is 23.8 Å². The Morgan fingerprint density at radius 3 is 2.56 bits per heavy atom. The van der Waals surface area contributed by atoms with Crippen LogP contribution in [0.1, 0.15) is 38.5 Å². The van der Waals surface area contributed by atoms with Gasteiger partial charge in [0.25, 0.3) is 0 Å². The van der Waals surface area contributed by atoms with Crippen molar-refractivity contribution in [2.24, 2.45) is 10.8 Å². The lowest BCUT2D eigenvalue weighted by Crippen LogP contribution is -2.55. The predicted octanol–water partition coefficient (Wildman–Crippen LogP) is 3.00. The van der Waals surface area contributed by atoms with Crippen molar-refractivity contribution in [1.82, 2.24) is 0 Å². The Bertz CT molecular complexity index is 394. The molecule has 2 nitrogen and oxygen atoms in total. The molecule has 0 spiro atoms. The zero-order chi connectivity index (χ0) is 11.2. The van der Waals surface area contributed by atoms with Crippen LogP contribution in [0.3, 0.4) is 0 Å². The average Bonchev–Trinajstić information content (AvgIpc) is 2.31. The number of esters is 1. The first-order valence-corrected chi connectivity index (χ1v) is 6.26. The number of rotatable bonds is 1. The van der Waals surface area contributed by atoms with Gasteiger partial charge in [-0.15, -0.1) is 0 Å². The molecule has 86 valence electrons.